The van der Waals surface area contributed by atoms with Crippen LogP contribution in [0.25, 0.3) is 6.08 Å². The van der Waals surface area contributed by atoms with Crippen LogP contribution in [0.5, 0.6) is 5.75 Å². The minimum atomic E-state index is -0.0825. The Morgan fingerprint density at radius 1 is 1.18 bits per heavy atom. The van der Waals surface area contributed by atoms with Crippen molar-refractivity contribution in [1.29, 1.82) is 0 Å². The molecule has 2 aliphatic heterocycles. The van der Waals surface area contributed by atoms with E-state index in [1.807, 2.05) is 18.2 Å². The number of rotatable bonds is 7. The van der Waals surface area contributed by atoms with E-state index in [2.05, 4.69) is 60.9 Å². The molecule has 200 valence electrons. The first kappa shape index (κ1) is 25.4. The summed E-state index contributed by atoms with van der Waals surface area (Å²) in [6, 6.07) is 15.2. The van der Waals surface area contributed by atoms with Gasteiger partial charge in [0, 0.05) is 29.6 Å². The van der Waals surface area contributed by atoms with Gasteiger partial charge in [0.2, 0.25) is 5.91 Å². The summed E-state index contributed by atoms with van der Waals surface area (Å²) in [4.78, 5) is 30.5. The third kappa shape index (κ3) is 4.10. The van der Waals surface area contributed by atoms with Crippen molar-refractivity contribution in [3.05, 3.63) is 70.8 Å². The molecule has 0 radical (unpaired) electrons. The minimum Gasteiger partial charge on any atom is -0.487 e. The van der Waals surface area contributed by atoms with Crippen LogP contribution < -0.4 is 4.74 Å². The summed E-state index contributed by atoms with van der Waals surface area (Å²) >= 11 is 0. The number of nitrogens with zero attached hydrogens (tertiary/aromatic N) is 2. The van der Waals surface area contributed by atoms with Gasteiger partial charge in [0.05, 0.1) is 12.6 Å². The number of aryl methyl sites for hydroxylation is 1. The molecule has 0 N–H and O–H groups in total. The number of ketones is 1. The van der Waals surface area contributed by atoms with Crippen molar-refractivity contribution >= 4 is 17.8 Å². The Morgan fingerprint density at radius 3 is 2.76 bits per heavy atom. The van der Waals surface area contributed by atoms with Gasteiger partial charge in [-0.15, -0.1) is 0 Å². The molecule has 1 amide bonds. The molecule has 1 spiro atoms. The molecular weight excluding hydrogens is 472 g/mol. The number of carbonyl (C=O) groups is 2. The Labute approximate surface area is 226 Å². The fourth-order valence-electron chi connectivity index (χ4n) is 8.19. The van der Waals surface area contributed by atoms with Crippen LogP contribution in [0.15, 0.2) is 48.5 Å². The molecule has 1 saturated heterocycles. The molecule has 4 aliphatic rings. The lowest BCUT2D eigenvalue weighted by Gasteiger charge is -2.60. The highest BCUT2D eigenvalue weighted by molar-refractivity contribution is 5.92. The predicted octanol–water partition coefficient (Wildman–Crippen LogP) is 5.19. The van der Waals surface area contributed by atoms with Gasteiger partial charge in [0.25, 0.3) is 0 Å². The summed E-state index contributed by atoms with van der Waals surface area (Å²) in [6.45, 7) is 10.3. The highest BCUT2D eigenvalue weighted by atomic mass is 16.5. The fourth-order valence-corrected chi connectivity index (χ4v) is 8.19. The van der Waals surface area contributed by atoms with E-state index < -0.39 is 0 Å². The van der Waals surface area contributed by atoms with Gasteiger partial charge in [-0.3, -0.25) is 14.5 Å². The second kappa shape index (κ2) is 9.68. The highest BCUT2D eigenvalue weighted by Crippen LogP contribution is 2.62. The van der Waals surface area contributed by atoms with E-state index >= 15 is 0 Å². The number of hydrogen-bond acceptors (Lipinski definition) is 4. The van der Waals surface area contributed by atoms with E-state index in [1.165, 1.54) is 16.7 Å². The highest BCUT2D eigenvalue weighted by Gasteiger charge is 2.66. The van der Waals surface area contributed by atoms with Crippen LogP contribution in [0.3, 0.4) is 0 Å². The molecule has 0 unspecified atom stereocenters. The first-order chi connectivity index (χ1) is 18.3. The number of amides is 1. The lowest BCUT2D eigenvalue weighted by molar-refractivity contribution is -0.139. The van der Waals surface area contributed by atoms with Gasteiger partial charge in [0.1, 0.15) is 17.6 Å². The first-order valence-corrected chi connectivity index (χ1v) is 14.4. The Balaban J connectivity index is 1.36. The normalized spacial score (nSPS) is 29.3. The molecule has 38 heavy (non-hydrogen) atoms. The van der Waals surface area contributed by atoms with Crippen LogP contribution >= 0.6 is 0 Å². The van der Waals surface area contributed by atoms with Gasteiger partial charge >= 0.3 is 0 Å². The van der Waals surface area contributed by atoms with Gasteiger partial charge in [-0.25, -0.2) is 0 Å². The van der Waals surface area contributed by atoms with Crippen LogP contribution in [0.2, 0.25) is 0 Å². The van der Waals surface area contributed by atoms with Crippen LogP contribution in [0.4, 0.5) is 0 Å². The van der Waals surface area contributed by atoms with Gasteiger partial charge < -0.3 is 9.64 Å². The molecule has 2 aromatic carbocycles. The van der Waals surface area contributed by atoms with E-state index in [4.69, 9.17) is 4.74 Å². The van der Waals surface area contributed by atoms with Crippen molar-refractivity contribution in [3.63, 3.8) is 0 Å². The van der Waals surface area contributed by atoms with Crippen molar-refractivity contribution in [1.82, 2.24) is 9.80 Å². The smallest absolute Gasteiger partial charge is 0.246 e. The Hall–Kier alpha value is -2.92. The number of ether oxygens (including phenoxy) is 1. The third-order valence-electron chi connectivity index (χ3n) is 9.43. The van der Waals surface area contributed by atoms with Crippen LogP contribution in [-0.2, 0) is 21.4 Å². The van der Waals surface area contributed by atoms with E-state index in [-0.39, 0.29) is 29.3 Å². The standard InChI is InChI=1S/C33H40N2O3/c1-21(2)19-35(30(37)14-11-24-8-5-7-22(3)17-24)27-13-12-26-28-18-25-9-6-10-29-31(25)33(26,32(27)38-29)15-16-34(28)20-23(4)36/h5-11,14,17,21,26-28,32H,12-13,15-16,18-20H2,1-4H3/t26-,27+,28+,32-,33-/m0/s1. The average molecular weight is 513 g/mol. The molecular formula is C33H40N2O3. The molecule has 2 fully saturated rings. The molecule has 2 heterocycles. The predicted molar refractivity (Wildman–Crippen MR) is 150 cm³/mol. The summed E-state index contributed by atoms with van der Waals surface area (Å²) in [7, 11) is 0. The van der Waals surface area contributed by atoms with Gasteiger partial charge in [0.15, 0.2) is 0 Å². The molecule has 1 saturated carbocycles. The minimum absolute atomic E-state index is 0.0293. The molecule has 5 nitrogen and oxygen atoms in total. The maximum absolute atomic E-state index is 13.8. The summed E-state index contributed by atoms with van der Waals surface area (Å²) in [5.74, 6) is 2.14. The first-order valence-electron chi connectivity index (χ1n) is 14.4. The fraction of sp³-hybridized carbons (Fsp3) is 0.515. The maximum atomic E-state index is 13.8. The average Bonchev–Trinajstić information content (AvgIpc) is 3.21. The summed E-state index contributed by atoms with van der Waals surface area (Å²) in [5, 5.41) is 0. The molecule has 6 rings (SSSR count). The number of piperidine rings is 1. The Kier molecular flexibility index (Phi) is 6.46. The van der Waals surface area contributed by atoms with E-state index in [0.717, 1.165) is 43.5 Å². The van der Waals surface area contributed by atoms with Gasteiger partial charge in [-0.2, -0.15) is 0 Å². The lowest BCUT2D eigenvalue weighted by atomic mass is 9.51. The maximum Gasteiger partial charge on any atom is 0.246 e. The topological polar surface area (TPSA) is 49.9 Å². The molecule has 0 aromatic heterocycles. The van der Waals surface area contributed by atoms with Gasteiger partial charge in [-0.1, -0.05) is 55.8 Å². The zero-order valence-electron chi connectivity index (χ0n) is 23.2. The Morgan fingerprint density at radius 2 is 2.00 bits per heavy atom. The van der Waals surface area contributed by atoms with E-state index in [9.17, 15) is 9.59 Å². The lowest BCUT2D eigenvalue weighted by Crippen LogP contribution is -2.69. The van der Waals surface area contributed by atoms with Gasteiger partial charge in [-0.05, 0) is 81.2 Å². The molecule has 5 heteroatoms. The molecule has 2 aliphatic carbocycles. The second-order valence-corrected chi connectivity index (χ2v) is 12.4. The molecule has 5 atom stereocenters. The number of benzene rings is 2. The quantitative estimate of drug-likeness (QED) is 0.479. The SMILES string of the molecule is CC(=O)CN1CC[C@]23c4c5cccc4O[C@H]2[C@H](N(CC(C)C)C(=O)C=Cc2cccc(C)c2)CC[C@H]3[C@H]1C5. The van der Waals surface area contributed by atoms with E-state index in [0.29, 0.717) is 31.0 Å². The van der Waals surface area contributed by atoms with Crippen molar-refractivity contribution < 1.29 is 14.3 Å². The van der Waals surface area contributed by atoms with Crippen LogP contribution in [-0.4, -0.2) is 59.3 Å². The molecule has 2 bridgehead atoms. The van der Waals surface area contributed by atoms with Crippen molar-refractivity contribution in [2.24, 2.45) is 11.8 Å². The largest absolute Gasteiger partial charge is 0.487 e. The number of carbonyl (C=O) groups excluding carboxylic acids is 2. The van der Waals surface area contributed by atoms with Crippen molar-refractivity contribution in [2.45, 2.75) is 77.0 Å². The summed E-state index contributed by atoms with van der Waals surface area (Å²) in [5.41, 5.74) is 4.94. The molecule has 2 aromatic rings. The zero-order valence-corrected chi connectivity index (χ0v) is 23.2. The summed E-state index contributed by atoms with van der Waals surface area (Å²) < 4.78 is 6.90. The Bertz CT molecular complexity index is 1280. The van der Waals surface area contributed by atoms with Crippen molar-refractivity contribution in [2.75, 3.05) is 19.6 Å². The second-order valence-electron chi connectivity index (χ2n) is 12.4. The zero-order chi connectivity index (χ0) is 26.6. The van der Waals surface area contributed by atoms with Crippen LogP contribution in [0, 0.1) is 18.8 Å². The number of hydrogen-bond donors (Lipinski definition) is 0. The third-order valence-corrected chi connectivity index (χ3v) is 9.43. The summed E-state index contributed by atoms with van der Waals surface area (Å²) in [6.07, 6.45) is 7.61. The van der Waals surface area contributed by atoms with Crippen molar-refractivity contribution in [3.8, 4) is 5.75 Å². The number of likely N-dealkylation sites (tertiary alicyclic amines) is 1. The van der Waals surface area contributed by atoms with E-state index in [1.54, 1.807) is 13.0 Å². The monoisotopic (exact) mass is 512 g/mol. The van der Waals surface area contributed by atoms with Crippen LogP contribution in [0.1, 0.15) is 62.3 Å². The number of Topliss-reactive ketones (excluding diaryl/α,β-unsaturated/α-hetero) is 1.